The minimum absolute atomic E-state index is 0.0628. The Bertz CT molecular complexity index is 1520. The molecule has 1 aliphatic rings. The number of allylic oxidation sites excluding steroid dienone is 7. The molecule has 0 bridgehead atoms. The number of amides is 2. The van der Waals surface area contributed by atoms with E-state index in [0.29, 0.717) is 69.1 Å². The first-order chi connectivity index (χ1) is 26.4. The van der Waals surface area contributed by atoms with Gasteiger partial charge < -0.3 is 30.9 Å². The fourth-order valence-corrected chi connectivity index (χ4v) is 5.42. The highest BCUT2D eigenvalue weighted by molar-refractivity contribution is 5.98. The number of nitrogens with zero attached hydrogens (tertiary/aromatic N) is 5. The van der Waals surface area contributed by atoms with Crippen molar-refractivity contribution in [3.05, 3.63) is 140 Å². The molecule has 6 N–H and O–H groups in total. The van der Waals surface area contributed by atoms with Gasteiger partial charge in [-0.25, -0.2) is 10.1 Å². The van der Waals surface area contributed by atoms with Gasteiger partial charge in [0.2, 0.25) is 0 Å². The molecule has 1 rings (SSSR count). The summed E-state index contributed by atoms with van der Waals surface area (Å²) in [7, 11) is 5.73. The molecule has 0 fully saturated rings. The Morgan fingerprint density at radius 1 is 0.945 bits per heavy atom. The van der Waals surface area contributed by atoms with Gasteiger partial charge >= 0.3 is 0 Å². The Morgan fingerprint density at radius 3 is 2.18 bits per heavy atom. The van der Waals surface area contributed by atoms with E-state index in [1.165, 1.54) is 18.4 Å². The molecule has 1 aliphatic heterocycles. The van der Waals surface area contributed by atoms with Crippen molar-refractivity contribution in [2.45, 2.75) is 13.8 Å². The van der Waals surface area contributed by atoms with Gasteiger partial charge in [0.1, 0.15) is 5.70 Å². The highest BCUT2D eigenvalue weighted by Crippen LogP contribution is 2.24. The Balaban J connectivity index is 3.06. The second-order valence-corrected chi connectivity index (χ2v) is 12.8. The van der Waals surface area contributed by atoms with Gasteiger partial charge in [0.05, 0.1) is 12.2 Å². The molecule has 0 aromatic rings. The second-order valence-electron chi connectivity index (χ2n) is 12.8. The van der Waals surface area contributed by atoms with Gasteiger partial charge in [-0.2, -0.15) is 0 Å². The zero-order chi connectivity index (χ0) is 41.2. The standard InChI is InChI=1S/C42H65N9O4/c1-11-17-36(18-24-47(9)16-6)41(53)45-21-27-49(28-22-46-42(54)38-19-26-51(55)40(15-5)37(38)14-4)32-34(7)33-50(43-8)29-23-44-39(35(12-2)13-3)20-25-48(10)30-31-52/h11-14,17-20,24-26,34,43-44,52,55H,1-5,16,21-23,27-33H2,6-10H3,(H,45,53)(H,46,54)/b24-18-,25-20-,36-17+. The quantitative estimate of drug-likeness (QED) is 0.0304. The molecule has 2 amide bonds. The number of aliphatic hydroxyl groups is 1. The van der Waals surface area contributed by atoms with E-state index >= 15 is 0 Å². The summed E-state index contributed by atoms with van der Waals surface area (Å²) in [5.74, 6) is -0.314. The third kappa shape index (κ3) is 17.7. The van der Waals surface area contributed by atoms with Crippen LogP contribution in [-0.2, 0) is 9.59 Å². The van der Waals surface area contributed by atoms with Gasteiger partial charge in [-0.1, -0.05) is 69.9 Å². The number of nitrogens with one attached hydrogen (secondary N) is 4. The SMILES string of the molecule is C=C=C1C(C=C)=C(C(=O)NCCN(CCNC(=O)C(/C=C\N(C)CC)=C/C=C)CC(C)CN(CCNC(/C=C\N(C)CCO)=C(C=C)C=C)NC)C=CN1O. The number of hydrogen-bond acceptors (Lipinski definition) is 11. The van der Waals surface area contributed by atoms with E-state index in [-0.39, 0.29) is 30.0 Å². The van der Waals surface area contributed by atoms with Crippen molar-refractivity contribution in [1.29, 1.82) is 0 Å². The van der Waals surface area contributed by atoms with E-state index in [0.717, 1.165) is 29.4 Å². The maximum absolute atomic E-state index is 13.2. The fraction of sp³-hybridized carbons (Fsp3) is 0.405. The third-order valence-corrected chi connectivity index (χ3v) is 8.58. The number of likely N-dealkylation sites (N-methyl/N-ethyl adjacent to an activating group) is 1. The Hall–Kier alpha value is -5.14. The largest absolute Gasteiger partial charge is 0.395 e. The average molecular weight is 760 g/mol. The molecule has 1 atom stereocenters. The minimum atomic E-state index is -0.315. The van der Waals surface area contributed by atoms with Crippen LogP contribution in [0.25, 0.3) is 0 Å². The smallest absolute Gasteiger partial charge is 0.252 e. The first-order valence-corrected chi connectivity index (χ1v) is 18.5. The summed E-state index contributed by atoms with van der Waals surface area (Å²) in [4.78, 5) is 32.4. The molecular weight excluding hydrogens is 695 g/mol. The molecule has 1 heterocycles. The van der Waals surface area contributed by atoms with Crippen LogP contribution in [0.4, 0.5) is 0 Å². The van der Waals surface area contributed by atoms with Gasteiger partial charge in [0, 0.05) is 109 Å². The molecule has 1 unspecified atom stereocenters. The lowest BCUT2D eigenvalue weighted by molar-refractivity contribution is -0.117. The summed E-state index contributed by atoms with van der Waals surface area (Å²) >= 11 is 0. The van der Waals surface area contributed by atoms with Crippen LogP contribution >= 0.6 is 0 Å². The summed E-state index contributed by atoms with van der Waals surface area (Å²) in [6.07, 6.45) is 18.6. The molecule has 0 aromatic carbocycles. The first-order valence-electron chi connectivity index (χ1n) is 18.5. The maximum Gasteiger partial charge on any atom is 0.252 e. The Morgan fingerprint density at radius 2 is 1.60 bits per heavy atom. The monoisotopic (exact) mass is 760 g/mol. The lowest BCUT2D eigenvalue weighted by Gasteiger charge is -2.30. The van der Waals surface area contributed by atoms with Crippen LogP contribution in [0, 0.1) is 5.92 Å². The van der Waals surface area contributed by atoms with Crippen molar-refractivity contribution in [2.75, 3.05) is 93.2 Å². The topological polar surface area (TPSA) is 139 Å². The van der Waals surface area contributed by atoms with Gasteiger partial charge in [0.25, 0.3) is 11.8 Å². The maximum atomic E-state index is 13.2. The van der Waals surface area contributed by atoms with E-state index in [1.807, 2.05) is 56.3 Å². The van der Waals surface area contributed by atoms with Gasteiger partial charge in [0.15, 0.2) is 0 Å². The molecule has 0 saturated heterocycles. The number of hydroxylamine groups is 2. The molecule has 0 spiro atoms. The molecule has 13 heteroatoms. The molecule has 302 valence electrons. The van der Waals surface area contributed by atoms with E-state index in [2.05, 4.69) is 76.8 Å². The van der Waals surface area contributed by atoms with Crippen molar-refractivity contribution < 1.29 is 19.9 Å². The highest BCUT2D eigenvalue weighted by Gasteiger charge is 2.21. The minimum Gasteiger partial charge on any atom is -0.395 e. The van der Waals surface area contributed by atoms with Crippen molar-refractivity contribution in [2.24, 2.45) is 5.92 Å². The van der Waals surface area contributed by atoms with Crippen molar-refractivity contribution >= 4 is 11.8 Å². The Labute approximate surface area is 329 Å². The zero-order valence-corrected chi connectivity index (χ0v) is 33.7. The fourth-order valence-electron chi connectivity index (χ4n) is 5.42. The molecule has 0 aromatic heterocycles. The summed E-state index contributed by atoms with van der Waals surface area (Å²) in [5.41, 5.74) is 9.21. The van der Waals surface area contributed by atoms with Gasteiger partial charge in [-0.05, 0) is 56.0 Å². The summed E-state index contributed by atoms with van der Waals surface area (Å²) < 4.78 is 0. The summed E-state index contributed by atoms with van der Waals surface area (Å²) in [5, 5.41) is 31.9. The zero-order valence-electron chi connectivity index (χ0n) is 33.7. The van der Waals surface area contributed by atoms with Crippen LogP contribution in [0.2, 0.25) is 0 Å². The lowest BCUT2D eigenvalue weighted by atomic mass is 10.0. The van der Waals surface area contributed by atoms with Crippen molar-refractivity contribution in [1.82, 2.24) is 46.1 Å². The van der Waals surface area contributed by atoms with Crippen LogP contribution in [0.15, 0.2) is 140 Å². The van der Waals surface area contributed by atoms with Crippen molar-refractivity contribution in [3.8, 4) is 0 Å². The predicted octanol–water partition coefficient (Wildman–Crippen LogP) is 3.19. The number of hydrazine groups is 1. The molecule has 55 heavy (non-hydrogen) atoms. The number of carbonyl (C=O) groups is 2. The van der Waals surface area contributed by atoms with E-state index in [9.17, 15) is 19.9 Å². The van der Waals surface area contributed by atoms with E-state index in [1.54, 1.807) is 30.4 Å². The highest BCUT2D eigenvalue weighted by atomic mass is 16.5. The van der Waals surface area contributed by atoms with Crippen LogP contribution < -0.4 is 21.4 Å². The summed E-state index contributed by atoms with van der Waals surface area (Å²) in [6, 6.07) is 0. The van der Waals surface area contributed by atoms with Crippen LogP contribution in [0.1, 0.15) is 13.8 Å². The molecule has 13 nitrogen and oxygen atoms in total. The lowest BCUT2D eigenvalue weighted by Crippen LogP contribution is -2.46. The average Bonchev–Trinajstić information content (AvgIpc) is 3.17. The van der Waals surface area contributed by atoms with Crippen LogP contribution in [-0.4, -0.2) is 140 Å². The number of carbonyl (C=O) groups excluding carboxylic acids is 2. The number of aliphatic hydroxyl groups excluding tert-OH is 1. The molecular formula is C42H65N9O4. The number of hydrogen-bond donors (Lipinski definition) is 6. The third-order valence-electron chi connectivity index (χ3n) is 8.58. The molecule has 0 saturated carbocycles. The summed E-state index contributed by atoms with van der Waals surface area (Å²) in [6.45, 7) is 29.1. The van der Waals surface area contributed by atoms with Crippen molar-refractivity contribution in [3.63, 3.8) is 0 Å². The van der Waals surface area contributed by atoms with Gasteiger partial charge in [-0.3, -0.25) is 25.1 Å². The Kier molecular flexibility index (Phi) is 23.9. The molecule has 0 aliphatic carbocycles. The second kappa shape index (κ2) is 27.4. The van der Waals surface area contributed by atoms with Crippen LogP contribution in [0.3, 0.4) is 0 Å². The molecule has 0 radical (unpaired) electrons. The first kappa shape index (κ1) is 47.9. The van der Waals surface area contributed by atoms with Crippen LogP contribution in [0.5, 0.6) is 0 Å². The predicted molar refractivity (Wildman–Crippen MR) is 225 cm³/mol. The van der Waals surface area contributed by atoms with E-state index < -0.39 is 0 Å². The van der Waals surface area contributed by atoms with E-state index in [4.69, 9.17) is 0 Å². The number of rotatable bonds is 28. The van der Waals surface area contributed by atoms with Gasteiger partial charge in [-0.15, -0.1) is 0 Å². The normalized spacial score (nSPS) is 13.6.